The Morgan fingerprint density at radius 1 is 1.24 bits per heavy atom. The zero-order chi connectivity index (χ0) is 22.8. The first kappa shape index (κ1) is 21.3. The van der Waals surface area contributed by atoms with Crippen LogP contribution in [-0.4, -0.2) is 37.9 Å². The number of nitrogens with zero attached hydrogens (tertiary/aromatic N) is 3. The van der Waals surface area contributed by atoms with E-state index in [2.05, 4.69) is 34.8 Å². The van der Waals surface area contributed by atoms with E-state index in [1.54, 1.807) is 12.3 Å². The summed E-state index contributed by atoms with van der Waals surface area (Å²) >= 11 is 1.36. The van der Waals surface area contributed by atoms with E-state index in [0.29, 0.717) is 41.2 Å². The number of para-hydroxylation sites is 3. The van der Waals surface area contributed by atoms with Gasteiger partial charge in [0.05, 0.1) is 5.75 Å². The number of hydrogen-bond acceptors (Lipinski definition) is 6. The van der Waals surface area contributed by atoms with Gasteiger partial charge in [-0.3, -0.25) is 9.36 Å². The molecule has 1 atom stereocenters. The molecular formula is C25H24N4O3S. The van der Waals surface area contributed by atoms with Crippen LogP contribution in [0.4, 0.5) is 0 Å². The third-order valence-corrected chi connectivity index (χ3v) is 6.64. The van der Waals surface area contributed by atoms with Gasteiger partial charge in [0.2, 0.25) is 0 Å². The number of Topliss-reactive ketones (excluding diaryl/α,β-unsaturated/α-hetero) is 1. The lowest BCUT2D eigenvalue weighted by molar-refractivity contribution is 0.0821. The van der Waals surface area contributed by atoms with Gasteiger partial charge in [0.15, 0.2) is 34.4 Å². The molecule has 8 heteroatoms. The summed E-state index contributed by atoms with van der Waals surface area (Å²) in [6.45, 7) is 6.81. The van der Waals surface area contributed by atoms with Gasteiger partial charge in [-0.1, -0.05) is 55.1 Å². The fourth-order valence-electron chi connectivity index (χ4n) is 4.04. The Hall–Kier alpha value is -3.52. The number of carbonyl (C=O) groups excluding carboxylic acids is 1. The van der Waals surface area contributed by atoms with Crippen LogP contribution < -0.4 is 9.47 Å². The van der Waals surface area contributed by atoms with Crippen molar-refractivity contribution in [2.75, 3.05) is 12.4 Å². The molecule has 0 spiro atoms. The van der Waals surface area contributed by atoms with Gasteiger partial charge in [0.25, 0.3) is 0 Å². The van der Waals surface area contributed by atoms with E-state index in [9.17, 15) is 4.79 Å². The maximum atomic E-state index is 13.0. The van der Waals surface area contributed by atoms with E-state index in [1.165, 1.54) is 17.3 Å². The highest BCUT2D eigenvalue weighted by atomic mass is 32.2. The van der Waals surface area contributed by atoms with Gasteiger partial charge in [-0.25, -0.2) is 0 Å². The van der Waals surface area contributed by atoms with E-state index in [1.807, 2.05) is 41.0 Å². The van der Waals surface area contributed by atoms with Crippen molar-refractivity contribution >= 4 is 28.4 Å². The summed E-state index contributed by atoms with van der Waals surface area (Å²) in [7, 11) is 0. The van der Waals surface area contributed by atoms with Crippen LogP contribution in [0.3, 0.4) is 0 Å². The quantitative estimate of drug-likeness (QED) is 0.226. The lowest BCUT2D eigenvalue weighted by Gasteiger charge is -2.26. The van der Waals surface area contributed by atoms with Crippen LogP contribution in [0.1, 0.15) is 34.8 Å². The first-order chi connectivity index (χ1) is 16.2. The van der Waals surface area contributed by atoms with Gasteiger partial charge in [0.1, 0.15) is 6.61 Å². The highest BCUT2D eigenvalue weighted by Gasteiger charge is 2.28. The number of aromatic amines is 1. The van der Waals surface area contributed by atoms with Crippen LogP contribution in [0.5, 0.6) is 11.5 Å². The lowest BCUT2D eigenvalue weighted by Crippen LogP contribution is -2.25. The number of nitrogens with one attached hydrogen (secondary N) is 1. The molecule has 0 fully saturated rings. The van der Waals surface area contributed by atoms with Crippen LogP contribution in [0.15, 0.2) is 66.5 Å². The lowest BCUT2D eigenvalue weighted by atomic mass is 10.1. The van der Waals surface area contributed by atoms with E-state index >= 15 is 0 Å². The Morgan fingerprint density at radius 2 is 2.09 bits per heavy atom. The van der Waals surface area contributed by atoms with Gasteiger partial charge in [-0.15, -0.1) is 16.8 Å². The molecule has 0 aliphatic carbocycles. The molecule has 5 rings (SSSR count). The number of benzene rings is 2. The maximum absolute atomic E-state index is 13.0. The molecule has 0 bridgehead atoms. The van der Waals surface area contributed by atoms with E-state index < -0.39 is 6.10 Å². The predicted molar refractivity (Wildman–Crippen MR) is 128 cm³/mol. The minimum atomic E-state index is -0.390. The Bertz CT molecular complexity index is 1330. The highest BCUT2D eigenvalue weighted by molar-refractivity contribution is 7.99. The fourth-order valence-corrected chi connectivity index (χ4v) is 4.88. The maximum Gasteiger partial charge on any atom is 0.192 e. The number of hydrogen-bond donors (Lipinski definition) is 1. The van der Waals surface area contributed by atoms with Gasteiger partial charge < -0.3 is 14.5 Å². The number of fused-ring (bicyclic) bond motifs is 2. The van der Waals surface area contributed by atoms with Crippen LogP contribution in [0, 0.1) is 0 Å². The Kier molecular flexibility index (Phi) is 5.92. The minimum absolute atomic E-state index is 0.0420. The molecule has 0 saturated heterocycles. The molecule has 33 heavy (non-hydrogen) atoms. The second kappa shape index (κ2) is 9.15. The molecule has 168 valence electrons. The first-order valence-corrected chi connectivity index (χ1v) is 11.9. The topological polar surface area (TPSA) is 82.0 Å². The van der Waals surface area contributed by atoms with Crippen LogP contribution >= 0.6 is 11.8 Å². The van der Waals surface area contributed by atoms with Gasteiger partial charge >= 0.3 is 0 Å². The van der Waals surface area contributed by atoms with Crippen molar-refractivity contribution in [3.63, 3.8) is 0 Å². The predicted octanol–water partition coefficient (Wildman–Crippen LogP) is 5.00. The summed E-state index contributed by atoms with van der Waals surface area (Å²) in [6.07, 6.45) is 4.10. The van der Waals surface area contributed by atoms with Crippen LogP contribution in [0.25, 0.3) is 10.9 Å². The van der Waals surface area contributed by atoms with E-state index in [0.717, 1.165) is 17.3 Å². The average molecular weight is 461 g/mol. The van der Waals surface area contributed by atoms with Crippen molar-refractivity contribution in [2.45, 2.75) is 31.1 Å². The fraction of sp³-hybridized carbons (Fsp3) is 0.240. The van der Waals surface area contributed by atoms with E-state index in [-0.39, 0.29) is 11.5 Å². The number of ketones is 1. The number of ether oxygens (including phenoxy) is 2. The zero-order valence-corrected chi connectivity index (χ0v) is 19.1. The summed E-state index contributed by atoms with van der Waals surface area (Å²) in [4.78, 5) is 16.3. The Balaban J connectivity index is 1.35. The third kappa shape index (κ3) is 4.02. The molecule has 7 nitrogen and oxygen atoms in total. The SMILES string of the molecule is C=CCn1c(SCC(=O)c2c[nH]c3c(CC)cccc23)nnc1C1COc2ccccc2O1. The largest absolute Gasteiger partial charge is 0.485 e. The Labute approximate surface area is 195 Å². The van der Waals surface area contributed by atoms with Crippen LogP contribution in [0.2, 0.25) is 0 Å². The van der Waals surface area contributed by atoms with Crippen molar-refractivity contribution in [3.8, 4) is 11.5 Å². The van der Waals surface area contributed by atoms with Crippen molar-refractivity contribution in [3.05, 3.63) is 78.3 Å². The van der Waals surface area contributed by atoms with Gasteiger partial charge in [-0.05, 0) is 24.1 Å². The second-order valence-corrected chi connectivity index (χ2v) is 8.65. The van der Waals surface area contributed by atoms with Gasteiger partial charge in [0, 0.05) is 29.2 Å². The number of H-pyrrole nitrogens is 1. The summed E-state index contributed by atoms with van der Waals surface area (Å²) in [5, 5.41) is 10.3. The number of carbonyl (C=O) groups is 1. The average Bonchev–Trinajstić information content (AvgIpc) is 3.47. The zero-order valence-electron chi connectivity index (χ0n) is 18.3. The monoisotopic (exact) mass is 460 g/mol. The number of aromatic nitrogens is 4. The van der Waals surface area contributed by atoms with Crippen LogP contribution in [-0.2, 0) is 13.0 Å². The molecule has 1 unspecified atom stereocenters. The summed E-state index contributed by atoms with van der Waals surface area (Å²) in [5.74, 6) is 2.34. The van der Waals surface area contributed by atoms with Crippen molar-refractivity contribution in [1.82, 2.24) is 19.7 Å². The second-order valence-electron chi connectivity index (χ2n) is 7.71. The van der Waals surface area contributed by atoms with Crippen molar-refractivity contribution in [2.24, 2.45) is 0 Å². The molecule has 3 heterocycles. The number of thioether (sulfide) groups is 1. The highest BCUT2D eigenvalue weighted by Crippen LogP contribution is 2.36. The normalized spacial score (nSPS) is 15.0. The molecule has 4 aromatic rings. The summed E-state index contributed by atoms with van der Waals surface area (Å²) in [6, 6.07) is 13.6. The minimum Gasteiger partial charge on any atom is -0.485 e. The van der Waals surface area contributed by atoms with E-state index in [4.69, 9.17) is 9.47 Å². The molecule has 0 saturated carbocycles. The van der Waals surface area contributed by atoms with Crippen molar-refractivity contribution in [1.29, 1.82) is 0 Å². The molecule has 2 aromatic heterocycles. The Morgan fingerprint density at radius 3 is 2.91 bits per heavy atom. The molecule has 0 radical (unpaired) electrons. The number of allylic oxidation sites excluding steroid dienone is 1. The smallest absolute Gasteiger partial charge is 0.192 e. The third-order valence-electron chi connectivity index (χ3n) is 5.67. The molecular weight excluding hydrogens is 436 g/mol. The molecule has 2 aromatic carbocycles. The molecule has 1 N–H and O–H groups in total. The summed E-state index contributed by atoms with van der Waals surface area (Å²) in [5.41, 5.74) is 2.93. The molecule has 1 aliphatic rings. The standard InChI is InChI=1S/C25H24N4O3S/c1-3-12-29-24(22-14-31-20-10-5-6-11-21(20)32-22)27-28-25(29)33-15-19(30)18-13-26-23-16(4-2)8-7-9-17(18)23/h3,5-11,13,22,26H,1,4,12,14-15H2,2H3. The van der Waals surface area contributed by atoms with Gasteiger partial charge in [-0.2, -0.15) is 0 Å². The van der Waals surface area contributed by atoms with Crippen molar-refractivity contribution < 1.29 is 14.3 Å². The molecule has 1 aliphatic heterocycles. The summed E-state index contributed by atoms with van der Waals surface area (Å²) < 4.78 is 13.9. The number of rotatable bonds is 8. The number of aryl methyl sites for hydroxylation is 1. The first-order valence-electron chi connectivity index (χ1n) is 10.9. The molecule has 0 amide bonds.